The molecule has 0 aliphatic heterocycles. The first-order valence-electron chi connectivity index (χ1n) is 9.66. The maximum absolute atomic E-state index is 12.1. The number of nitrogens with zero attached hydrogens (tertiary/aromatic N) is 1. The summed E-state index contributed by atoms with van der Waals surface area (Å²) in [6.45, 7) is 3.55. The van der Waals surface area contributed by atoms with Gasteiger partial charge in [0.2, 0.25) is 5.91 Å². The Balaban J connectivity index is 1.49. The molecule has 1 aliphatic carbocycles. The number of hydrogen-bond acceptors (Lipinski definition) is 3. The summed E-state index contributed by atoms with van der Waals surface area (Å²) in [5, 5.41) is 9.12. The summed E-state index contributed by atoms with van der Waals surface area (Å²) in [4.78, 5) is 16.3. The Morgan fingerprint density at radius 3 is 2.64 bits per heavy atom. The van der Waals surface area contributed by atoms with Crippen LogP contribution >= 0.6 is 0 Å². The SMILES string of the molecule is CN=C(NCC(=O)Nc1ccccc1)NCc1ccc(C)cc1OCC1CC1. The lowest BCUT2D eigenvalue weighted by atomic mass is 10.1. The van der Waals surface area contributed by atoms with E-state index in [0.717, 1.165) is 23.6 Å². The number of anilines is 1. The molecular formula is C22H28N4O2. The maximum Gasteiger partial charge on any atom is 0.243 e. The van der Waals surface area contributed by atoms with E-state index in [1.807, 2.05) is 30.3 Å². The summed E-state index contributed by atoms with van der Waals surface area (Å²) < 4.78 is 6.01. The van der Waals surface area contributed by atoms with E-state index >= 15 is 0 Å². The van der Waals surface area contributed by atoms with Gasteiger partial charge in [-0.1, -0.05) is 30.3 Å². The zero-order chi connectivity index (χ0) is 19.8. The molecule has 0 unspecified atom stereocenters. The summed E-state index contributed by atoms with van der Waals surface area (Å²) in [5.41, 5.74) is 3.02. The van der Waals surface area contributed by atoms with E-state index in [9.17, 15) is 4.79 Å². The van der Waals surface area contributed by atoms with Crippen molar-refractivity contribution in [1.29, 1.82) is 0 Å². The van der Waals surface area contributed by atoms with Gasteiger partial charge in [-0.25, -0.2) is 0 Å². The first kappa shape index (κ1) is 19.7. The average molecular weight is 380 g/mol. The number of aliphatic imine (C=N–C) groups is 1. The molecule has 2 aromatic carbocycles. The molecule has 0 aromatic heterocycles. The van der Waals surface area contributed by atoms with Crippen LogP contribution in [0.3, 0.4) is 0 Å². The molecule has 6 nitrogen and oxygen atoms in total. The maximum atomic E-state index is 12.1. The van der Waals surface area contributed by atoms with Gasteiger partial charge in [-0.15, -0.1) is 0 Å². The number of nitrogens with one attached hydrogen (secondary N) is 3. The molecule has 0 spiro atoms. The highest BCUT2D eigenvalue weighted by Crippen LogP contribution is 2.30. The number of hydrogen-bond donors (Lipinski definition) is 3. The van der Waals surface area contributed by atoms with Crippen molar-refractivity contribution in [1.82, 2.24) is 10.6 Å². The lowest BCUT2D eigenvalue weighted by molar-refractivity contribution is -0.115. The minimum Gasteiger partial charge on any atom is -0.493 e. The second kappa shape index (κ2) is 9.78. The van der Waals surface area contributed by atoms with Crippen LogP contribution in [-0.2, 0) is 11.3 Å². The van der Waals surface area contributed by atoms with E-state index in [1.165, 1.54) is 18.4 Å². The molecule has 1 amide bonds. The molecule has 0 heterocycles. The Hall–Kier alpha value is -3.02. The van der Waals surface area contributed by atoms with Gasteiger partial charge in [-0.2, -0.15) is 0 Å². The van der Waals surface area contributed by atoms with Crippen molar-refractivity contribution in [2.75, 3.05) is 25.5 Å². The molecule has 148 valence electrons. The molecule has 0 bridgehead atoms. The number of guanidine groups is 1. The van der Waals surface area contributed by atoms with Crippen molar-refractivity contribution in [2.45, 2.75) is 26.3 Å². The number of carbonyl (C=O) groups excluding carboxylic acids is 1. The van der Waals surface area contributed by atoms with Gasteiger partial charge in [-0.05, 0) is 49.4 Å². The van der Waals surface area contributed by atoms with Crippen LogP contribution in [0.2, 0.25) is 0 Å². The Morgan fingerprint density at radius 1 is 1.14 bits per heavy atom. The van der Waals surface area contributed by atoms with E-state index in [1.54, 1.807) is 7.05 Å². The van der Waals surface area contributed by atoms with Crippen LogP contribution in [0.15, 0.2) is 53.5 Å². The first-order valence-corrected chi connectivity index (χ1v) is 9.66. The van der Waals surface area contributed by atoms with Gasteiger partial charge in [0.25, 0.3) is 0 Å². The number of ether oxygens (including phenoxy) is 1. The van der Waals surface area contributed by atoms with Crippen LogP contribution in [0, 0.1) is 12.8 Å². The van der Waals surface area contributed by atoms with Gasteiger partial charge in [0.1, 0.15) is 5.75 Å². The number of amides is 1. The van der Waals surface area contributed by atoms with Gasteiger partial charge >= 0.3 is 0 Å². The van der Waals surface area contributed by atoms with Crippen molar-refractivity contribution in [3.8, 4) is 5.75 Å². The largest absolute Gasteiger partial charge is 0.493 e. The van der Waals surface area contributed by atoms with Crippen LogP contribution in [0.5, 0.6) is 5.75 Å². The van der Waals surface area contributed by atoms with Crippen LogP contribution in [0.25, 0.3) is 0 Å². The third-order valence-corrected chi connectivity index (χ3v) is 4.54. The third kappa shape index (κ3) is 6.30. The quantitative estimate of drug-likeness (QED) is 0.486. The van der Waals surface area contributed by atoms with E-state index in [0.29, 0.717) is 18.4 Å². The summed E-state index contributed by atoms with van der Waals surface area (Å²) in [7, 11) is 1.68. The molecular weight excluding hydrogens is 352 g/mol. The highest BCUT2D eigenvalue weighted by atomic mass is 16.5. The molecule has 2 aromatic rings. The average Bonchev–Trinajstić information content (AvgIpc) is 3.53. The smallest absolute Gasteiger partial charge is 0.243 e. The predicted molar refractivity (Wildman–Crippen MR) is 113 cm³/mol. The molecule has 6 heteroatoms. The topological polar surface area (TPSA) is 74.8 Å². The highest BCUT2D eigenvalue weighted by molar-refractivity contribution is 5.94. The Labute approximate surface area is 166 Å². The molecule has 3 N–H and O–H groups in total. The van der Waals surface area contributed by atoms with Crippen LogP contribution in [0.4, 0.5) is 5.69 Å². The first-order chi connectivity index (χ1) is 13.6. The monoisotopic (exact) mass is 380 g/mol. The minimum atomic E-state index is -0.127. The van der Waals surface area contributed by atoms with Crippen LogP contribution in [0.1, 0.15) is 24.0 Å². The van der Waals surface area contributed by atoms with E-state index in [-0.39, 0.29) is 12.5 Å². The Kier molecular flexibility index (Phi) is 6.89. The number of rotatable bonds is 8. The van der Waals surface area contributed by atoms with Crippen LogP contribution < -0.4 is 20.7 Å². The van der Waals surface area contributed by atoms with Gasteiger partial charge in [-0.3, -0.25) is 9.79 Å². The minimum absolute atomic E-state index is 0.127. The number of aryl methyl sites for hydroxylation is 1. The predicted octanol–water partition coefficient (Wildman–Crippen LogP) is 3.09. The molecule has 28 heavy (non-hydrogen) atoms. The summed E-state index contributed by atoms with van der Waals surface area (Å²) in [6, 6.07) is 15.6. The number of para-hydroxylation sites is 1. The highest BCUT2D eigenvalue weighted by Gasteiger charge is 2.22. The lowest BCUT2D eigenvalue weighted by Crippen LogP contribution is -2.41. The standard InChI is InChI=1S/C22H28N4O2/c1-16-8-11-18(20(12-16)28-15-17-9-10-17)13-24-22(23-2)25-14-21(27)26-19-6-4-3-5-7-19/h3-8,11-12,17H,9-10,13-15H2,1-2H3,(H,26,27)(H2,23,24,25). The van der Waals surface area contributed by atoms with Crippen molar-refractivity contribution in [3.63, 3.8) is 0 Å². The van der Waals surface area contributed by atoms with Crippen molar-refractivity contribution >= 4 is 17.6 Å². The fourth-order valence-corrected chi connectivity index (χ4v) is 2.72. The van der Waals surface area contributed by atoms with Gasteiger partial charge in [0.15, 0.2) is 5.96 Å². The third-order valence-electron chi connectivity index (χ3n) is 4.54. The van der Waals surface area contributed by atoms with E-state index in [4.69, 9.17) is 4.74 Å². The molecule has 0 radical (unpaired) electrons. The normalized spacial score (nSPS) is 13.7. The summed E-state index contributed by atoms with van der Waals surface area (Å²) in [5.74, 6) is 2.06. The molecule has 0 atom stereocenters. The fourth-order valence-electron chi connectivity index (χ4n) is 2.72. The summed E-state index contributed by atoms with van der Waals surface area (Å²) >= 11 is 0. The van der Waals surface area contributed by atoms with Crippen molar-refractivity contribution < 1.29 is 9.53 Å². The molecule has 1 fully saturated rings. The van der Waals surface area contributed by atoms with E-state index < -0.39 is 0 Å². The second-order valence-electron chi connectivity index (χ2n) is 7.06. The molecule has 1 aliphatic rings. The molecule has 0 saturated heterocycles. The second-order valence-corrected chi connectivity index (χ2v) is 7.06. The Bertz CT molecular complexity index is 817. The molecule has 3 rings (SSSR count). The van der Waals surface area contributed by atoms with Gasteiger partial charge in [0, 0.05) is 24.8 Å². The zero-order valence-electron chi connectivity index (χ0n) is 16.5. The lowest BCUT2D eigenvalue weighted by Gasteiger charge is -2.15. The van der Waals surface area contributed by atoms with Crippen LogP contribution in [-0.4, -0.2) is 32.1 Å². The Morgan fingerprint density at radius 2 is 1.93 bits per heavy atom. The fraction of sp³-hybridized carbons (Fsp3) is 0.364. The summed E-state index contributed by atoms with van der Waals surface area (Å²) in [6.07, 6.45) is 2.53. The van der Waals surface area contributed by atoms with Crippen molar-refractivity contribution in [2.24, 2.45) is 10.9 Å². The number of carbonyl (C=O) groups is 1. The molecule has 1 saturated carbocycles. The van der Waals surface area contributed by atoms with Gasteiger partial charge < -0.3 is 20.7 Å². The number of benzene rings is 2. The van der Waals surface area contributed by atoms with Crippen molar-refractivity contribution in [3.05, 3.63) is 59.7 Å². The van der Waals surface area contributed by atoms with Gasteiger partial charge in [0.05, 0.1) is 13.2 Å². The zero-order valence-corrected chi connectivity index (χ0v) is 16.5. The van der Waals surface area contributed by atoms with E-state index in [2.05, 4.69) is 46.1 Å².